The molecule has 0 saturated carbocycles. The van der Waals surface area contributed by atoms with E-state index in [9.17, 15) is 11.0 Å². The first-order valence-electron chi connectivity index (χ1n) is 35.5. The number of benzene rings is 14. The summed E-state index contributed by atoms with van der Waals surface area (Å²) in [5.74, 6) is 0. The lowest BCUT2D eigenvalue weighted by molar-refractivity contribution is 1.28. The van der Waals surface area contributed by atoms with Crippen molar-refractivity contribution in [2.24, 2.45) is 0 Å². The predicted molar refractivity (Wildman–Crippen MR) is 335 cm³/mol. The Labute approximate surface area is 484 Å². The van der Waals surface area contributed by atoms with E-state index in [2.05, 4.69) is 12.1 Å². The smallest absolute Gasteiger partial charge is 0.0629 e. The van der Waals surface area contributed by atoms with Gasteiger partial charge in [-0.3, -0.25) is 0 Å². The van der Waals surface area contributed by atoms with Crippen molar-refractivity contribution >= 4 is 88.0 Å². The maximum Gasteiger partial charge on any atom is 0.0629 e. The molecule has 0 N–H and O–H groups in total. The number of rotatable bonds is 10. The monoisotopic (exact) mass is 1020 g/mol. The second-order valence-electron chi connectivity index (χ2n) is 19.7. The Balaban J connectivity index is 1.12. The molecule has 0 fully saturated rings. The molecule has 370 valence electrons. The van der Waals surface area contributed by atoms with Crippen LogP contribution in [0.1, 0.15) is 49.7 Å². The van der Waals surface area contributed by atoms with Crippen LogP contribution in [0.4, 0.5) is 34.1 Å². The summed E-state index contributed by atoms with van der Waals surface area (Å²) in [4.78, 5) is 4.03. The summed E-state index contributed by atoms with van der Waals surface area (Å²) >= 11 is 0. The van der Waals surface area contributed by atoms with Gasteiger partial charge in [-0.1, -0.05) is 217 Å². The van der Waals surface area contributed by atoms with Gasteiger partial charge in [-0.15, -0.1) is 0 Å². The number of hydrogen-bond acceptors (Lipinski definition) is 2. The van der Waals surface area contributed by atoms with Crippen LogP contribution in [0.25, 0.3) is 98.4 Å². The summed E-state index contributed by atoms with van der Waals surface area (Å²) in [6.07, 6.45) is 0. The maximum absolute atomic E-state index is 9.31. The van der Waals surface area contributed by atoms with Crippen molar-refractivity contribution < 1.29 is 27.4 Å². The second kappa shape index (κ2) is 19.1. The van der Waals surface area contributed by atoms with Crippen molar-refractivity contribution in [3.63, 3.8) is 0 Å². The lowest BCUT2D eigenvalue weighted by Crippen LogP contribution is -2.14. The van der Waals surface area contributed by atoms with Crippen LogP contribution >= 0.6 is 0 Å². The lowest BCUT2D eigenvalue weighted by Gasteiger charge is -2.32. The van der Waals surface area contributed by atoms with Gasteiger partial charge in [0.05, 0.1) is 50.2 Å². The summed E-state index contributed by atoms with van der Waals surface area (Å²) < 4.78 is 179. The number of anilines is 6. The van der Waals surface area contributed by atoms with E-state index in [1.54, 1.807) is 24.3 Å². The quantitative estimate of drug-likeness (QED) is 0.126. The molecule has 0 radical (unpaired) electrons. The molecule has 0 heterocycles. The predicted octanol–water partition coefficient (Wildman–Crippen LogP) is 21.7. The minimum atomic E-state index is -0.614. The Morgan fingerprint density at radius 2 is 0.577 bits per heavy atom. The fraction of sp³-hybridized carbons (Fsp3) is 0.0526. The maximum atomic E-state index is 9.31. The molecule has 14 aromatic rings. The molecule has 0 amide bonds. The fourth-order valence-corrected chi connectivity index (χ4v) is 11.2. The highest BCUT2D eigenvalue weighted by molar-refractivity contribution is 6.28. The first-order chi connectivity index (χ1) is 46.6. The molecule has 0 bridgehead atoms. The van der Waals surface area contributed by atoms with Gasteiger partial charge >= 0.3 is 0 Å². The van der Waals surface area contributed by atoms with E-state index in [1.165, 1.54) is 12.1 Å². The van der Waals surface area contributed by atoms with Gasteiger partial charge in [-0.05, 0) is 176 Å². The van der Waals surface area contributed by atoms with E-state index in [4.69, 9.17) is 16.4 Å². The van der Waals surface area contributed by atoms with Gasteiger partial charge in [-0.2, -0.15) is 0 Å². The molecule has 78 heavy (non-hydrogen) atoms. The van der Waals surface area contributed by atoms with Crippen molar-refractivity contribution in [1.82, 2.24) is 0 Å². The van der Waals surface area contributed by atoms with Crippen molar-refractivity contribution in [2.75, 3.05) is 9.80 Å². The minimum absolute atomic E-state index is 0.104. The van der Waals surface area contributed by atoms with Gasteiger partial charge in [0.1, 0.15) is 0 Å². The van der Waals surface area contributed by atoms with Gasteiger partial charge < -0.3 is 9.80 Å². The molecule has 2 heteroatoms. The molecule has 14 rings (SSSR count). The van der Waals surface area contributed by atoms with Crippen LogP contribution in [-0.4, -0.2) is 0 Å². The van der Waals surface area contributed by atoms with Gasteiger partial charge in [0, 0.05) is 32.9 Å². The Hall–Kier alpha value is -9.76. The number of nitrogens with zero attached hydrogens (tertiary/aromatic N) is 2. The Kier molecular flexibility index (Phi) is 7.38. The van der Waals surface area contributed by atoms with Crippen molar-refractivity contribution in [3.05, 3.63) is 289 Å². The minimum Gasteiger partial charge on any atom is -0.309 e. The number of aryl methyl sites for hydroxylation is 4. The molecule has 0 saturated heterocycles. The molecule has 14 aromatic carbocycles. The largest absolute Gasteiger partial charge is 0.309 e. The first kappa shape index (κ1) is 30.1. The van der Waals surface area contributed by atoms with Crippen molar-refractivity contribution in [1.29, 1.82) is 0 Å². The van der Waals surface area contributed by atoms with Crippen LogP contribution in [0.15, 0.2) is 266 Å². The second-order valence-corrected chi connectivity index (χ2v) is 19.7. The molecule has 0 spiro atoms. The summed E-state index contributed by atoms with van der Waals surface area (Å²) in [6.45, 7) is 7.88. The average molecular weight is 1020 g/mol. The highest BCUT2D eigenvalue weighted by Gasteiger charge is 2.26. The molecule has 0 unspecified atom stereocenters. The van der Waals surface area contributed by atoms with Crippen LogP contribution in [0.2, 0.25) is 0 Å². The molecule has 0 aliphatic carbocycles. The molecule has 0 atom stereocenters. The standard InChI is InChI=1S/C76H56N2/c1-49-25-29-57-31-27-51(3)75(69(57)41-49)77(65-45-61(53-17-9-5-10-18-53)43-62(46-65)54-19-11-6-12-20-54)71-39-35-59-34-38-68-72(40-36-60-33-37-67(71)73(59)74(60)68)78(76-52(4)28-32-58-30-26-50(2)42-70(58)76)66-47-63(55-21-13-7-14-22-55)44-64(48-66)56-23-15-8-16-24-56/h5-48H,1-4H3/i5D,6D,7D,8D,9D,10D,11D,12D,13D,14D,15D,16D,17D,18D,19D,20D,21D,22D,23D,24D. The van der Waals surface area contributed by atoms with Gasteiger partial charge in [0.15, 0.2) is 0 Å². The number of fused-ring (bicyclic) bond motifs is 2. The van der Waals surface area contributed by atoms with E-state index in [1.807, 2.05) is 135 Å². The van der Waals surface area contributed by atoms with Crippen LogP contribution in [0.5, 0.6) is 0 Å². The third-order valence-electron chi connectivity index (χ3n) is 14.8. The molecule has 0 aliphatic heterocycles. The first-order valence-corrected chi connectivity index (χ1v) is 25.5. The van der Waals surface area contributed by atoms with Gasteiger partial charge in [0.2, 0.25) is 0 Å². The summed E-state index contributed by atoms with van der Waals surface area (Å²) in [5, 5.41) is 7.93. The lowest BCUT2D eigenvalue weighted by atomic mass is 9.90. The van der Waals surface area contributed by atoms with Crippen LogP contribution < -0.4 is 9.80 Å². The molecule has 0 aliphatic rings. The molecular formula is C76H56N2. The van der Waals surface area contributed by atoms with Gasteiger partial charge in [-0.25, -0.2) is 0 Å². The topological polar surface area (TPSA) is 6.48 Å². The van der Waals surface area contributed by atoms with E-state index in [0.29, 0.717) is 44.9 Å². The van der Waals surface area contributed by atoms with Crippen LogP contribution in [0, 0.1) is 27.7 Å². The third-order valence-corrected chi connectivity index (χ3v) is 14.8. The zero-order chi connectivity index (χ0) is 69.8. The average Bonchev–Trinajstić information content (AvgIpc) is 0.719. The van der Waals surface area contributed by atoms with Crippen molar-refractivity contribution in [2.45, 2.75) is 27.7 Å². The molecule has 2 nitrogen and oxygen atoms in total. The normalized spacial score (nSPS) is 15.2. The number of hydrogen-bond donors (Lipinski definition) is 0. The van der Waals surface area contributed by atoms with E-state index >= 15 is 0 Å². The van der Waals surface area contributed by atoms with Crippen molar-refractivity contribution in [3.8, 4) is 44.5 Å². The van der Waals surface area contributed by atoms with Crippen LogP contribution in [0.3, 0.4) is 0 Å². The Morgan fingerprint density at radius 1 is 0.269 bits per heavy atom. The third kappa shape index (κ3) is 8.13. The van der Waals surface area contributed by atoms with E-state index in [0.717, 1.165) is 65.3 Å². The Morgan fingerprint density at radius 3 is 0.923 bits per heavy atom. The zero-order valence-corrected chi connectivity index (χ0v) is 42.8. The highest BCUT2D eigenvalue weighted by atomic mass is 15.2. The molecular weight excluding hydrogens is 941 g/mol. The fourth-order valence-electron chi connectivity index (χ4n) is 11.2. The van der Waals surface area contributed by atoms with Gasteiger partial charge in [0.25, 0.3) is 0 Å². The highest BCUT2D eigenvalue weighted by Crippen LogP contribution is 2.52. The summed E-state index contributed by atoms with van der Waals surface area (Å²) in [7, 11) is 0. The summed E-state index contributed by atoms with van der Waals surface area (Å²) in [5.41, 5.74) is 6.34. The Bertz CT molecular complexity index is 5190. The van der Waals surface area contributed by atoms with Crippen LogP contribution in [-0.2, 0) is 0 Å². The van der Waals surface area contributed by atoms with E-state index in [-0.39, 0.29) is 44.5 Å². The zero-order valence-electron chi connectivity index (χ0n) is 62.8. The molecule has 0 aromatic heterocycles. The van der Waals surface area contributed by atoms with E-state index < -0.39 is 121 Å². The summed E-state index contributed by atoms with van der Waals surface area (Å²) in [6, 6.07) is 34.5. The SMILES string of the molecule is [2H]c1c([2H])c([2H])c(-c2cc(-c3c([2H])c([2H])c([2H])c([2H])c3[2H])cc(N(c3c(C)ccc4ccc(C)cc34)c3ccc4ccc5c(N(c6cc(-c7c([2H])c([2H])c([2H])c([2H])c7[2H])cc(-c7c([2H])c([2H])c([2H])c([2H])c7[2H])c6)c6c(C)ccc7ccc(C)cc67)ccc6ccc3c4c65)c2)c([2H])c1[2H].